The zero-order chi connectivity index (χ0) is 10.4. The van der Waals surface area contributed by atoms with E-state index in [1.54, 1.807) is 0 Å². The van der Waals surface area contributed by atoms with E-state index in [9.17, 15) is 5.11 Å². The molecular weight excluding hydrogens is 178 g/mol. The molecule has 2 N–H and O–H groups in total. The summed E-state index contributed by atoms with van der Waals surface area (Å²) < 4.78 is 5.54. The van der Waals surface area contributed by atoms with Crippen molar-refractivity contribution in [3.05, 3.63) is 0 Å². The lowest BCUT2D eigenvalue weighted by Crippen LogP contribution is -2.50. The van der Waals surface area contributed by atoms with Crippen LogP contribution in [0.15, 0.2) is 0 Å². The van der Waals surface area contributed by atoms with Crippen LogP contribution < -0.4 is 5.32 Å². The molecule has 0 aromatic rings. The summed E-state index contributed by atoms with van der Waals surface area (Å²) in [6.45, 7) is 6.22. The van der Waals surface area contributed by atoms with Crippen molar-refractivity contribution in [1.29, 1.82) is 0 Å². The van der Waals surface area contributed by atoms with Gasteiger partial charge in [0.25, 0.3) is 0 Å². The van der Waals surface area contributed by atoms with Crippen molar-refractivity contribution in [2.45, 2.75) is 51.2 Å². The smallest absolute Gasteiger partial charge is 0.0700 e. The van der Waals surface area contributed by atoms with Crippen molar-refractivity contribution in [2.75, 3.05) is 19.8 Å². The minimum atomic E-state index is -0.0913. The molecule has 1 fully saturated rings. The molecule has 0 aromatic carbocycles. The van der Waals surface area contributed by atoms with E-state index in [1.807, 2.05) is 0 Å². The molecule has 3 heteroatoms. The van der Waals surface area contributed by atoms with Crippen molar-refractivity contribution < 1.29 is 9.84 Å². The van der Waals surface area contributed by atoms with Gasteiger partial charge in [-0.3, -0.25) is 0 Å². The molecule has 1 aliphatic rings. The van der Waals surface area contributed by atoms with Crippen molar-refractivity contribution in [3.63, 3.8) is 0 Å². The van der Waals surface area contributed by atoms with E-state index in [-0.39, 0.29) is 12.1 Å². The van der Waals surface area contributed by atoms with Crippen LogP contribution in [0.2, 0.25) is 0 Å². The summed E-state index contributed by atoms with van der Waals surface area (Å²) in [6.07, 6.45) is 4.62. The van der Waals surface area contributed by atoms with Gasteiger partial charge in [0.1, 0.15) is 0 Å². The Labute approximate surface area is 86.8 Å². The van der Waals surface area contributed by atoms with Crippen molar-refractivity contribution in [2.24, 2.45) is 0 Å². The third-order valence-corrected chi connectivity index (χ3v) is 3.38. The van der Waals surface area contributed by atoms with Gasteiger partial charge in [0.05, 0.1) is 12.7 Å². The van der Waals surface area contributed by atoms with Gasteiger partial charge in [-0.1, -0.05) is 13.8 Å². The van der Waals surface area contributed by atoms with Gasteiger partial charge in [-0.2, -0.15) is 0 Å². The first kappa shape index (κ1) is 12.0. The molecule has 1 heterocycles. The first-order chi connectivity index (χ1) is 6.76. The van der Waals surface area contributed by atoms with Crippen LogP contribution in [-0.4, -0.2) is 36.5 Å². The monoisotopic (exact) mass is 201 g/mol. The first-order valence-corrected chi connectivity index (χ1v) is 5.74. The van der Waals surface area contributed by atoms with Gasteiger partial charge < -0.3 is 15.2 Å². The highest BCUT2D eigenvalue weighted by molar-refractivity contribution is 4.86. The average molecular weight is 201 g/mol. The zero-order valence-electron chi connectivity index (χ0n) is 9.38. The van der Waals surface area contributed by atoms with Gasteiger partial charge in [-0.25, -0.2) is 0 Å². The topological polar surface area (TPSA) is 41.5 Å². The van der Waals surface area contributed by atoms with Gasteiger partial charge in [-0.05, 0) is 25.7 Å². The highest BCUT2D eigenvalue weighted by Gasteiger charge is 2.26. The predicted octanol–water partition coefficient (Wildman–Crippen LogP) is 1.31. The second-order valence-corrected chi connectivity index (χ2v) is 4.16. The highest BCUT2D eigenvalue weighted by Crippen LogP contribution is 2.16. The maximum absolute atomic E-state index is 9.35. The lowest BCUT2D eigenvalue weighted by molar-refractivity contribution is 0.0850. The average Bonchev–Trinajstić information content (AvgIpc) is 2.74. The Morgan fingerprint density at radius 2 is 2.14 bits per heavy atom. The number of aliphatic hydroxyl groups excluding tert-OH is 1. The lowest BCUT2D eigenvalue weighted by atomic mass is 9.93. The normalized spacial score (nSPS) is 22.9. The summed E-state index contributed by atoms with van der Waals surface area (Å²) in [4.78, 5) is 0. The van der Waals surface area contributed by atoms with Gasteiger partial charge in [0, 0.05) is 18.7 Å². The van der Waals surface area contributed by atoms with Crippen molar-refractivity contribution in [1.82, 2.24) is 5.32 Å². The minimum absolute atomic E-state index is 0.0913. The Hall–Kier alpha value is -0.120. The van der Waals surface area contributed by atoms with Crippen LogP contribution >= 0.6 is 0 Å². The molecule has 1 atom stereocenters. The molecule has 14 heavy (non-hydrogen) atoms. The van der Waals surface area contributed by atoms with Gasteiger partial charge in [0.15, 0.2) is 0 Å². The zero-order valence-corrected chi connectivity index (χ0v) is 9.38. The van der Waals surface area contributed by atoms with Crippen LogP contribution in [0, 0.1) is 0 Å². The van der Waals surface area contributed by atoms with Crippen LogP contribution in [0.5, 0.6) is 0 Å². The quantitative estimate of drug-likeness (QED) is 0.681. The standard InChI is InChI=1S/C11H23NO2/c1-3-11(4-2,9-13)12-8-10-6-5-7-14-10/h10,12-13H,3-9H2,1-2H3. The van der Waals surface area contributed by atoms with E-state index < -0.39 is 0 Å². The summed E-state index contributed by atoms with van der Waals surface area (Å²) in [5.41, 5.74) is -0.0913. The molecule has 84 valence electrons. The van der Waals surface area contributed by atoms with E-state index >= 15 is 0 Å². The number of hydrogen-bond acceptors (Lipinski definition) is 3. The molecule has 0 saturated carbocycles. The Morgan fingerprint density at radius 3 is 2.57 bits per heavy atom. The number of rotatable bonds is 6. The highest BCUT2D eigenvalue weighted by atomic mass is 16.5. The van der Waals surface area contributed by atoms with E-state index in [4.69, 9.17) is 4.74 Å². The third-order valence-electron chi connectivity index (χ3n) is 3.38. The van der Waals surface area contributed by atoms with Crippen LogP contribution in [-0.2, 0) is 4.74 Å². The van der Waals surface area contributed by atoms with E-state index in [1.165, 1.54) is 6.42 Å². The van der Waals surface area contributed by atoms with Crippen LogP contribution in [0.3, 0.4) is 0 Å². The Balaban J connectivity index is 2.31. The SMILES string of the molecule is CCC(CC)(CO)NCC1CCCO1. The molecule has 0 spiro atoms. The molecule has 1 saturated heterocycles. The molecule has 0 aromatic heterocycles. The fourth-order valence-corrected chi connectivity index (χ4v) is 1.92. The molecule has 0 aliphatic carbocycles. The second-order valence-electron chi connectivity index (χ2n) is 4.16. The van der Waals surface area contributed by atoms with E-state index in [2.05, 4.69) is 19.2 Å². The number of aliphatic hydroxyl groups is 1. The first-order valence-electron chi connectivity index (χ1n) is 5.74. The summed E-state index contributed by atoms with van der Waals surface area (Å²) in [6, 6.07) is 0. The van der Waals surface area contributed by atoms with Crippen LogP contribution in [0.25, 0.3) is 0 Å². The molecule has 0 radical (unpaired) electrons. The van der Waals surface area contributed by atoms with E-state index in [0.717, 1.165) is 32.4 Å². The van der Waals surface area contributed by atoms with Gasteiger partial charge >= 0.3 is 0 Å². The summed E-state index contributed by atoms with van der Waals surface area (Å²) >= 11 is 0. The molecule has 1 aliphatic heterocycles. The molecular formula is C11H23NO2. The number of nitrogens with one attached hydrogen (secondary N) is 1. The second kappa shape index (κ2) is 5.69. The maximum Gasteiger partial charge on any atom is 0.0700 e. The third kappa shape index (κ3) is 2.94. The molecule has 0 bridgehead atoms. The Morgan fingerprint density at radius 1 is 1.43 bits per heavy atom. The predicted molar refractivity (Wildman–Crippen MR) is 57.4 cm³/mol. The molecule has 1 rings (SSSR count). The van der Waals surface area contributed by atoms with Crippen LogP contribution in [0.1, 0.15) is 39.5 Å². The van der Waals surface area contributed by atoms with Crippen LogP contribution in [0.4, 0.5) is 0 Å². The largest absolute Gasteiger partial charge is 0.394 e. The van der Waals surface area contributed by atoms with Crippen molar-refractivity contribution >= 4 is 0 Å². The fourth-order valence-electron chi connectivity index (χ4n) is 1.92. The fraction of sp³-hybridized carbons (Fsp3) is 1.00. The molecule has 0 amide bonds. The maximum atomic E-state index is 9.35. The minimum Gasteiger partial charge on any atom is -0.394 e. The summed E-state index contributed by atoms with van der Waals surface area (Å²) in [5.74, 6) is 0. The van der Waals surface area contributed by atoms with Gasteiger partial charge in [-0.15, -0.1) is 0 Å². The Bertz CT molecular complexity index is 143. The number of hydrogen-bond donors (Lipinski definition) is 2. The van der Waals surface area contributed by atoms with Crippen molar-refractivity contribution in [3.8, 4) is 0 Å². The summed E-state index contributed by atoms with van der Waals surface area (Å²) in [7, 11) is 0. The van der Waals surface area contributed by atoms with E-state index in [0.29, 0.717) is 6.10 Å². The summed E-state index contributed by atoms with van der Waals surface area (Å²) in [5, 5.41) is 12.8. The van der Waals surface area contributed by atoms with Gasteiger partial charge in [0.2, 0.25) is 0 Å². The molecule has 3 nitrogen and oxygen atoms in total. The Kier molecular flexibility index (Phi) is 4.85. The molecule has 1 unspecified atom stereocenters. The number of ether oxygens (including phenoxy) is 1. The lowest BCUT2D eigenvalue weighted by Gasteiger charge is -2.32.